The third kappa shape index (κ3) is 2.46. The van der Waals surface area contributed by atoms with Crippen molar-refractivity contribution in [2.24, 2.45) is 5.92 Å². The SMILES string of the molecule is CC1CC(C)N(c2ccc(C(=O)O)cc2Br)C1. The predicted octanol–water partition coefficient (Wildman–Crippen LogP) is 3.38. The second kappa shape index (κ2) is 4.69. The molecular weight excluding hydrogens is 282 g/mol. The van der Waals surface area contributed by atoms with Gasteiger partial charge in [0.2, 0.25) is 0 Å². The van der Waals surface area contributed by atoms with E-state index in [1.54, 1.807) is 12.1 Å². The lowest BCUT2D eigenvalue weighted by molar-refractivity contribution is 0.0697. The first-order chi connectivity index (χ1) is 7.99. The Morgan fingerprint density at radius 3 is 2.65 bits per heavy atom. The Hall–Kier alpha value is -1.03. The summed E-state index contributed by atoms with van der Waals surface area (Å²) in [5, 5.41) is 8.93. The molecule has 1 aromatic rings. The van der Waals surface area contributed by atoms with Gasteiger partial charge in [-0.3, -0.25) is 0 Å². The van der Waals surface area contributed by atoms with E-state index in [1.165, 1.54) is 6.42 Å². The van der Waals surface area contributed by atoms with Gasteiger partial charge in [0.25, 0.3) is 0 Å². The molecule has 92 valence electrons. The molecule has 17 heavy (non-hydrogen) atoms. The molecule has 2 rings (SSSR count). The summed E-state index contributed by atoms with van der Waals surface area (Å²) in [4.78, 5) is 13.2. The topological polar surface area (TPSA) is 40.5 Å². The summed E-state index contributed by atoms with van der Waals surface area (Å²) in [6.07, 6.45) is 1.19. The average Bonchev–Trinajstić information content (AvgIpc) is 2.57. The normalized spacial score (nSPS) is 24.1. The van der Waals surface area contributed by atoms with Crippen LogP contribution in [0.2, 0.25) is 0 Å². The zero-order chi connectivity index (χ0) is 12.6. The maximum atomic E-state index is 10.9. The number of carboxylic acids is 1. The molecule has 1 aromatic carbocycles. The highest BCUT2D eigenvalue weighted by Gasteiger charge is 2.27. The van der Waals surface area contributed by atoms with Crippen molar-refractivity contribution in [3.63, 3.8) is 0 Å². The second-order valence-corrected chi connectivity index (χ2v) is 5.67. The highest BCUT2D eigenvalue weighted by molar-refractivity contribution is 9.10. The third-order valence-corrected chi connectivity index (χ3v) is 3.92. The first-order valence-electron chi connectivity index (χ1n) is 5.78. The van der Waals surface area contributed by atoms with Crippen LogP contribution < -0.4 is 4.90 Å². The van der Waals surface area contributed by atoms with Crippen molar-refractivity contribution >= 4 is 27.6 Å². The second-order valence-electron chi connectivity index (χ2n) is 4.81. The Bertz CT molecular complexity index is 447. The molecule has 0 amide bonds. The molecule has 0 aromatic heterocycles. The maximum absolute atomic E-state index is 10.9. The van der Waals surface area contributed by atoms with Gasteiger partial charge in [0.1, 0.15) is 0 Å². The number of anilines is 1. The van der Waals surface area contributed by atoms with Crippen LogP contribution in [0.25, 0.3) is 0 Å². The Morgan fingerprint density at radius 1 is 1.47 bits per heavy atom. The van der Waals surface area contributed by atoms with Crippen LogP contribution in [0.1, 0.15) is 30.6 Å². The van der Waals surface area contributed by atoms with E-state index in [0.717, 1.165) is 16.7 Å². The smallest absolute Gasteiger partial charge is 0.335 e. The van der Waals surface area contributed by atoms with E-state index in [1.807, 2.05) is 6.07 Å². The van der Waals surface area contributed by atoms with Crippen LogP contribution >= 0.6 is 15.9 Å². The lowest BCUT2D eigenvalue weighted by Gasteiger charge is -2.25. The Balaban J connectivity index is 2.31. The summed E-state index contributed by atoms with van der Waals surface area (Å²) >= 11 is 3.47. The molecule has 1 N–H and O–H groups in total. The largest absolute Gasteiger partial charge is 0.478 e. The number of benzene rings is 1. The Kier molecular flexibility index (Phi) is 3.43. The number of carbonyl (C=O) groups is 1. The molecule has 0 spiro atoms. The van der Waals surface area contributed by atoms with E-state index in [2.05, 4.69) is 34.7 Å². The summed E-state index contributed by atoms with van der Waals surface area (Å²) in [5.74, 6) is -0.198. The highest BCUT2D eigenvalue weighted by atomic mass is 79.9. The minimum Gasteiger partial charge on any atom is -0.478 e. The first-order valence-corrected chi connectivity index (χ1v) is 6.58. The van der Waals surface area contributed by atoms with Gasteiger partial charge in [-0.2, -0.15) is 0 Å². The average molecular weight is 298 g/mol. The van der Waals surface area contributed by atoms with Crippen molar-refractivity contribution in [3.8, 4) is 0 Å². The lowest BCUT2D eigenvalue weighted by Crippen LogP contribution is -2.27. The van der Waals surface area contributed by atoms with Gasteiger partial charge in [-0.05, 0) is 53.4 Å². The summed E-state index contributed by atoms with van der Waals surface area (Å²) in [5.41, 5.74) is 1.41. The van der Waals surface area contributed by atoms with Crippen molar-refractivity contribution in [2.75, 3.05) is 11.4 Å². The molecule has 2 unspecified atom stereocenters. The molecule has 1 saturated heterocycles. The van der Waals surface area contributed by atoms with E-state index in [9.17, 15) is 4.79 Å². The number of rotatable bonds is 2. The quantitative estimate of drug-likeness (QED) is 0.910. The number of hydrogen-bond acceptors (Lipinski definition) is 2. The summed E-state index contributed by atoms with van der Waals surface area (Å²) < 4.78 is 0.860. The van der Waals surface area contributed by atoms with Crippen LogP contribution in [-0.4, -0.2) is 23.7 Å². The zero-order valence-corrected chi connectivity index (χ0v) is 11.6. The highest BCUT2D eigenvalue weighted by Crippen LogP contribution is 2.34. The lowest BCUT2D eigenvalue weighted by atomic mass is 10.1. The van der Waals surface area contributed by atoms with Crippen molar-refractivity contribution in [1.29, 1.82) is 0 Å². The fourth-order valence-corrected chi connectivity index (χ4v) is 3.12. The molecule has 0 radical (unpaired) electrons. The summed E-state index contributed by atoms with van der Waals surface area (Å²) in [6.45, 7) is 5.49. The fourth-order valence-electron chi connectivity index (χ4n) is 2.51. The van der Waals surface area contributed by atoms with E-state index < -0.39 is 5.97 Å². The minimum absolute atomic E-state index is 0.320. The van der Waals surface area contributed by atoms with E-state index in [4.69, 9.17) is 5.11 Å². The van der Waals surface area contributed by atoms with Crippen LogP contribution in [0.15, 0.2) is 22.7 Å². The molecule has 1 fully saturated rings. The van der Waals surface area contributed by atoms with Crippen LogP contribution in [0.4, 0.5) is 5.69 Å². The van der Waals surface area contributed by atoms with Crippen molar-refractivity contribution in [2.45, 2.75) is 26.3 Å². The van der Waals surface area contributed by atoms with Crippen molar-refractivity contribution < 1.29 is 9.90 Å². The van der Waals surface area contributed by atoms with Gasteiger partial charge in [-0.25, -0.2) is 4.79 Å². The van der Waals surface area contributed by atoms with Gasteiger partial charge in [-0.1, -0.05) is 6.92 Å². The molecule has 2 atom stereocenters. The molecule has 1 heterocycles. The van der Waals surface area contributed by atoms with Crippen LogP contribution in [0, 0.1) is 5.92 Å². The molecule has 4 heteroatoms. The van der Waals surface area contributed by atoms with Gasteiger partial charge in [0.05, 0.1) is 11.3 Å². The van der Waals surface area contributed by atoms with Gasteiger partial charge >= 0.3 is 5.97 Å². The number of aromatic carboxylic acids is 1. The first kappa shape index (κ1) is 12.4. The number of hydrogen-bond donors (Lipinski definition) is 1. The van der Waals surface area contributed by atoms with Gasteiger partial charge in [0.15, 0.2) is 0 Å². The molecule has 0 aliphatic carbocycles. The molecule has 3 nitrogen and oxygen atoms in total. The van der Waals surface area contributed by atoms with Crippen LogP contribution in [-0.2, 0) is 0 Å². The van der Waals surface area contributed by atoms with E-state index in [0.29, 0.717) is 17.5 Å². The van der Waals surface area contributed by atoms with Crippen molar-refractivity contribution in [1.82, 2.24) is 0 Å². The van der Waals surface area contributed by atoms with Gasteiger partial charge < -0.3 is 10.0 Å². The fraction of sp³-hybridized carbons (Fsp3) is 0.462. The molecular formula is C13H16BrNO2. The van der Waals surface area contributed by atoms with E-state index >= 15 is 0 Å². The Labute approximate surface area is 110 Å². The van der Waals surface area contributed by atoms with Crippen LogP contribution in [0.3, 0.4) is 0 Å². The summed E-state index contributed by atoms with van der Waals surface area (Å²) in [6, 6.07) is 5.74. The molecule has 1 aliphatic rings. The molecule has 0 saturated carbocycles. The third-order valence-electron chi connectivity index (χ3n) is 3.29. The monoisotopic (exact) mass is 297 g/mol. The predicted molar refractivity (Wildman–Crippen MR) is 71.7 cm³/mol. The molecule has 0 bridgehead atoms. The zero-order valence-electron chi connectivity index (χ0n) is 9.98. The minimum atomic E-state index is -0.889. The Morgan fingerprint density at radius 2 is 2.18 bits per heavy atom. The number of carboxylic acid groups (broad SMARTS) is 1. The number of halogens is 1. The maximum Gasteiger partial charge on any atom is 0.335 e. The number of nitrogens with zero attached hydrogens (tertiary/aromatic N) is 1. The summed E-state index contributed by atoms with van der Waals surface area (Å²) in [7, 11) is 0. The van der Waals surface area contributed by atoms with Crippen molar-refractivity contribution in [3.05, 3.63) is 28.2 Å². The van der Waals surface area contributed by atoms with Gasteiger partial charge in [-0.15, -0.1) is 0 Å². The standard InChI is InChI=1S/C13H16BrNO2/c1-8-5-9(2)15(7-8)12-4-3-10(13(16)17)6-11(12)14/h3-4,6,8-9H,5,7H2,1-2H3,(H,16,17). The van der Waals surface area contributed by atoms with Crippen LogP contribution in [0.5, 0.6) is 0 Å². The van der Waals surface area contributed by atoms with Gasteiger partial charge in [0, 0.05) is 17.1 Å². The van der Waals surface area contributed by atoms with E-state index in [-0.39, 0.29) is 0 Å². The molecule has 1 aliphatic heterocycles.